The van der Waals surface area contributed by atoms with Crippen LogP contribution >= 0.6 is 15.9 Å². The Morgan fingerprint density at radius 1 is 1.30 bits per heavy atom. The van der Waals surface area contributed by atoms with Crippen LogP contribution in [0.1, 0.15) is 6.92 Å². The van der Waals surface area contributed by atoms with Gasteiger partial charge >= 0.3 is 5.76 Å². The zero-order valence-corrected chi connectivity index (χ0v) is 14.4. The van der Waals surface area contributed by atoms with Gasteiger partial charge in [-0.15, -0.1) is 0 Å². The molecule has 0 unspecified atom stereocenters. The second kappa shape index (κ2) is 5.82. The third-order valence-electron chi connectivity index (χ3n) is 3.25. The van der Waals surface area contributed by atoms with Crippen molar-refractivity contribution in [1.29, 1.82) is 0 Å². The maximum Gasteiger partial charge on any atom is 0.419 e. The fraction of sp³-hybridized carbons (Fsp3) is 0.143. The molecule has 0 aliphatic rings. The Hall–Kier alpha value is -2.13. The van der Waals surface area contributed by atoms with E-state index in [9.17, 15) is 13.2 Å². The van der Waals surface area contributed by atoms with Crippen LogP contribution in [0, 0.1) is 0 Å². The fourth-order valence-corrected chi connectivity index (χ4v) is 3.46. The Kier molecular flexibility index (Phi) is 3.99. The summed E-state index contributed by atoms with van der Waals surface area (Å²) < 4.78 is 34.4. The summed E-state index contributed by atoms with van der Waals surface area (Å²) in [7, 11) is -3.80. The van der Waals surface area contributed by atoms with Crippen molar-refractivity contribution in [2.75, 3.05) is 4.72 Å². The average Bonchev–Trinajstić information content (AvgIpc) is 2.83. The molecule has 2 heterocycles. The van der Waals surface area contributed by atoms with Crippen LogP contribution in [0.4, 0.5) is 5.69 Å². The second-order valence-corrected chi connectivity index (χ2v) is 7.21. The van der Waals surface area contributed by atoms with Gasteiger partial charge in [0.25, 0.3) is 10.0 Å². The van der Waals surface area contributed by atoms with Gasteiger partial charge in [0.05, 0.1) is 22.3 Å². The molecule has 3 aromatic rings. The number of sulfonamides is 1. The standard InChI is InChI=1S/C14H12BrN3O4S/c1-2-18-11-5-4-10(7-12(11)22-14(18)19)23(20,21)17-9-3-6-13(15)16-8-9/h3-8,17H,2H2,1H3. The van der Waals surface area contributed by atoms with E-state index in [0.717, 1.165) is 0 Å². The number of halogens is 1. The number of aromatic nitrogens is 2. The molecule has 0 atom stereocenters. The lowest BCUT2D eigenvalue weighted by Crippen LogP contribution is -2.13. The van der Waals surface area contributed by atoms with E-state index >= 15 is 0 Å². The third-order valence-corrected chi connectivity index (χ3v) is 5.09. The number of pyridine rings is 1. The number of oxazole rings is 1. The van der Waals surface area contributed by atoms with Crippen LogP contribution in [0.3, 0.4) is 0 Å². The Balaban J connectivity index is 2.01. The number of fused-ring (bicyclic) bond motifs is 1. The largest absolute Gasteiger partial charge is 0.419 e. The van der Waals surface area contributed by atoms with E-state index < -0.39 is 15.8 Å². The summed E-state index contributed by atoms with van der Waals surface area (Å²) in [5, 5.41) is 0. The minimum atomic E-state index is -3.80. The lowest BCUT2D eigenvalue weighted by Gasteiger charge is -2.07. The Morgan fingerprint density at radius 3 is 2.74 bits per heavy atom. The van der Waals surface area contributed by atoms with Gasteiger partial charge in [-0.2, -0.15) is 0 Å². The maximum absolute atomic E-state index is 12.4. The first-order valence-electron chi connectivity index (χ1n) is 6.68. The van der Waals surface area contributed by atoms with Gasteiger partial charge < -0.3 is 4.42 Å². The highest BCUT2D eigenvalue weighted by Crippen LogP contribution is 2.21. The molecule has 0 bridgehead atoms. The second-order valence-electron chi connectivity index (χ2n) is 4.72. The van der Waals surface area contributed by atoms with Crippen molar-refractivity contribution in [3.8, 4) is 0 Å². The Morgan fingerprint density at radius 2 is 2.09 bits per heavy atom. The van der Waals surface area contributed by atoms with E-state index in [1.165, 1.54) is 22.9 Å². The monoisotopic (exact) mass is 397 g/mol. The van der Waals surface area contributed by atoms with Crippen molar-refractivity contribution >= 4 is 42.7 Å². The Bertz CT molecular complexity index is 1020. The Labute approximate surface area is 140 Å². The summed E-state index contributed by atoms with van der Waals surface area (Å²) in [6.45, 7) is 2.25. The van der Waals surface area contributed by atoms with Crippen molar-refractivity contribution in [3.05, 3.63) is 51.7 Å². The molecule has 23 heavy (non-hydrogen) atoms. The average molecular weight is 398 g/mol. The van der Waals surface area contributed by atoms with Gasteiger partial charge in [0.2, 0.25) is 0 Å². The van der Waals surface area contributed by atoms with E-state index in [2.05, 4.69) is 25.6 Å². The zero-order chi connectivity index (χ0) is 16.6. The summed E-state index contributed by atoms with van der Waals surface area (Å²) in [6, 6.07) is 7.52. The minimum absolute atomic E-state index is 0.00456. The van der Waals surface area contributed by atoms with Crippen molar-refractivity contribution in [2.24, 2.45) is 0 Å². The molecule has 0 fully saturated rings. The van der Waals surface area contributed by atoms with E-state index in [4.69, 9.17) is 4.42 Å². The van der Waals surface area contributed by atoms with Gasteiger partial charge in [0.1, 0.15) is 4.60 Å². The highest BCUT2D eigenvalue weighted by atomic mass is 79.9. The quantitative estimate of drug-likeness (QED) is 0.682. The summed E-state index contributed by atoms with van der Waals surface area (Å²) >= 11 is 3.18. The molecule has 3 rings (SSSR count). The van der Waals surface area contributed by atoms with Crippen LogP contribution in [-0.4, -0.2) is 18.0 Å². The van der Waals surface area contributed by atoms with Crippen molar-refractivity contribution < 1.29 is 12.8 Å². The van der Waals surface area contributed by atoms with Gasteiger partial charge in [0, 0.05) is 12.6 Å². The summed E-state index contributed by atoms with van der Waals surface area (Å²) in [4.78, 5) is 15.6. The number of anilines is 1. The van der Waals surface area contributed by atoms with Gasteiger partial charge in [-0.1, -0.05) is 0 Å². The SMILES string of the molecule is CCn1c(=O)oc2cc(S(=O)(=O)Nc3ccc(Br)nc3)ccc21. The molecule has 120 valence electrons. The molecule has 0 saturated carbocycles. The topological polar surface area (TPSA) is 94.2 Å². The normalized spacial score (nSPS) is 11.7. The van der Waals surface area contributed by atoms with Gasteiger partial charge in [-0.05, 0) is 47.1 Å². The minimum Gasteiger partial charge on any atom is -0.408 e. The highest BCUT2D eigenvalue weighted by Gasteiger charge is 2.17. The molecular formula is C14H12BrN3O4S. The van der Waals surface area contributed by atoms with E-state index in [1.807, 2.05) is 6.92 Å². The summed E-state index contributed by atoms with van der Waals surface area (Å²) in [5.74, 6) is -0.512. The molecule has 2 aromatic heterocycles. The molecule has 1 N–H and O–H groups in total. The first-order valence-corrected chi connectivity index (χ1v) is 8.96. The molecule has 0 radical (unpaired) electrons. The molecular weight excluding hydrogens is 386 g/mol. The van der Waals surface area contributed by atoms with Crippen LogP contribution in [0.5, 0.6) is 0 Å². The lowest BCUT2D eigenvalue weighted by molar-refractivity contribution is 0.512. The zero-order valence-electron chi connectivity index (χ0n) is 12.0. The highest BCUT2D eigenvalue weighted by molar-refractivity contribution is 9.10. The van der Waals surface area contributed by atoms with Gasteiger partial charge in [-0.3, -0.25) is 9.29 Å². The molecule has 0 aliphatic heterocycles. The van der Waals surface area contributed by atoms with Crippen molar-refractivity contribution in [1.82, 2.24) is 9.55 Å². The first kappa shape index (κ1) is 15.8. The molecule has 0 aliphatic carbocycles. The molecule has 1 aromatic carbocycles. The summed E-state index contributed by atoms with van der Waals surface area (Å²) in [6.07, 6.45) is 1.40. The van der Waals surface area contributed by atoms with E-state index in [0.29, 0.717) is 22.4 Å². The third kappa shape index (κ3) is 3.02. The van der Waals surface area contributed by atoms with Crippen LogP contribution in [0.2, 0.25) is 0 Å². The van der Waals surface area contributed by atoms with Crippen LogP contribution in [0.15, 0.2) is 55.2 Å². The predicted octanol–water partition coefficient (Wildman–Crippen LogP) is 2.57. The van der Waals surface area contributed by atoms with Crippen molar-refractivity contribution in [2.45, 2.75) is 18.4 Å². The lowest BCUT2D eigenvalue weighted by atomic mass is 10.3. The van der Waals surface area contributed by atoms with E-state index in [-0.39, 0.29) is 10.5 Å². The van der Waals surface area contributed by atoms with E-state index in [1.54, 1.807) is 18.2 Å². The van der Waals surface area contributed by atoms with Crippen molar-refractivity contribution in [3.63, 3.8) is 0 Å². The number of hydrogen-bond donors (Lipinski definition) is 1. The van der Waals surface area contributed by atoms with Gasteiger partial charge in [0.15, 0.2) is 5.58 Å². The van der Waals surface area contributed by atoms with Gasteiger partial charge in [-0.25, -0.2) is 18.2 Å². The number of benzene rings is 1. The molecule has 9 heteroatoms. The fourth-order valence-electron chi connectivity index (χ4n) is 2.16. The number of aryl methyl sites for hydroxylation is 1. The molecule has 7 nitrogen and oxygen atoms in total. The predicted molar refractivity (Wildman–Crippen MR) is 88.9 cm³/mol. The number of hydrogen-bond acceptors (Lipinski definition) is 5. The van der Waals surface area contributed by atoms with Crippen LogP contribution in [-0.2, 0) is 16.6 Å². The molecule has 0 saturated heterocycles. The first-order chi connectivity index (χ1) is 10.9. The molecule has 0 amide bonds. The van der Waals surface area contributed by atoms with Crippen LogP contribution < -0.4 is 10.5 Å². The number of nitrogens with one attached hydrogen (secondary N) is 1. The summed E-state index contributed by atoms with van der Waals surface area (Å²) in [5.41, 5.74) is 1.12. The van der Waals surface area contributed by atoms with Crippen LogP contribution in [0.25, 0.3) is 11.1 Å². The maximum atomic E-state index is 12.4. The number of rotatable bonds is 4. The molecule has 0 spiro atoms. The smallest absolute Gasteiger partial charge is 0.408 e. The number of nitrogens with zero attached hydrogens (tertiary/aromatic N) is 2.